The number of rotatable bonds is 0. The van der Waals surface area contributed by atoms with E-state index in [2.05, 4.69) is 0 Å². The Morgan fingerprint density at radius 1 is 0.929 bits per heavy atom. The Labute approximate surface area is 83.7 Å². The van der Waals surface area contributed by atoms with Crippen LogP contribution in [0.15, 0.2) is 0 Å². The van der Waals surface area contributed by atoms with Crippen LogP contribution in [0.2, 0.25) is 0 Å². The highest BCUT2D eigenvalue weighted by molar-refractivity contribution is 5.14. The molecule has 4 aliphatic carbocycles. The second kappa shape index (κ2) is 2.34. The van der Waals surface area contributed by atoms with E-state index < -0.39 is 6.17 Å². The molecule has 0 unspecified atom stereocenters. The minimum absolute atomic E-state index is 0.0689. The summed E-state index contributed by atoms with van der Waals surface area (Å²) in [5.41, 5.74) is 0. The highest BCUT2D eigenvalue weighted by Crippen LogP contribution is 2.67. The van der Waals surface area contributed by atoms with Crippen LogP contribution in [-0.4, -0.2) is 17.4 Å². The van der Waals surface area contributed by atoms with Crippen molar-refractivity contribution in [3.05, 3.63) is 0 Å². The van der Waals surface area contributed by atoms with Crippen LogP contribution >= 0.6 is 0 Å². The van der Waals surface area contributed by atoms with Crippen molar-refractivity contribution < 1.29 is 9.50 Å². The molecular formula is C12H17FO. The van der Waals surface area contributed by atoms with E-state index in [0.717, 1.165) is 12.8 Å². The number of halogens is 1. The molecule has 0 aromatic heterocycles. The molecule has 0 radical (unpaired) electrons. The summed E-state index contributed by atoms with van der Waals surface area (Å²) in [6.07, 6.45) is 3.72. The molecule has 8 atom stereocenters. The smallest absolute Gasteiger partial charge is 0.103 e. The molecule has 14 heavy (non-hydrogen) atoms. The largest absolute Gasteiger partial charge is 0.393 e. The van der Waals surface area contributed by atoms with E-state index in [0.29, 0.717) is 35.5 Å². The Balaban J connectivity index is 1.75. The second-order valence-electron chi connectivity index (χ2n) is 5.96. The molecule has 4 saturated carbocycles. The van der Waals surface area contributed by atoms with Crippen molar-refractivity contribution >= 4 is 0 Å². The highest BCUT2D eigenvalue weighted by atomic mass is 19.1. The number of fused-ring (bicyclic) bond motifs is 9. The molecule has 0 saturated heterocycles. The quantitative estimate of drug-likeness (QED) is 0.587. The van der Waals surface area contributed by atoms with Gasteiger partial charge in [0.05, 0.1) is 6.10 Å². The van der Waals surface area contributed by atoms with Gasteiger partial charge < -0.3 is 5.11 Å². The first-order valence-corrected chi connectivity index (χ1v) is 6.09. The molecule has 1 N–H and O–H groups in total. The maximum atomic E-state index is 13.6. The van der Waals surface area contributed by atoms with Gasteiger partial charge in [-0.25, -0.2) is 4.39 Å². The monoisotopic (exact) mass is 196 g/mol. The Morgan fingerprint density at radius 2 is 1.64 bits per heavy atom. The van der Waals surface area contributed by atoms with Crippen molar-refractivity contribution in [2.24, 2.45) is 35.5 Å². The molecule has 4 fully saturated rings. The molecule has 0 aromatic carbocycles. The predicted octanol–water partition coefficient (Wildman–Crippen LogP) is 2.00. The van der Waals surface area contributed by atoms with E-state index in [9.17, 15) is 9.50 Å². The lowest BCUT2D eigenvalue weighted by Crippen LogP contribution is -2.33. The summed E-state index contributed by atoms with van der Waals surface area (Å²) < 4.78 is 13.6. The van der Waals surface area contributed by atoms with Gasteiger partial charge in [-0.3, -0.25) is 0 Å². The van der Waals surface area contributed by atoms with Crippen LogP contribution in [0.25, 0.3) is 0 Å². The molecule has 0 aliphatic heterocycles. The van der Waals surface area contributed by atoms with Crippen LogP contribution in [0.5, 0.6) is 0 Å². The van der Waals surface area contributed by atoms with Crippen molar-refractivity contribution in [3.63, 3.8) is 0 Å². The van der Waals surface area contributed by atoms with Crippen molar-refractivity contribution in [2.75, 3.05) is 0 Å². The van der Waals surface area contributed by atoms with Crippen LogP contribution in [0.4, 0.5) is 4.39 Å². The molecule has 78 valence electrons. The lowest BCUT2D eigenvalue weighted by atomic mass is 9.70. The zero-order valence-corrected chi connectivity index (χ0v) is 8.27. The summed E-state index contributed by atoms with van der Waals surface area (Å²) in [5.74, 6) is 3.25. The summed E-state index contributed by atoms with van der Waals surface area (Å²) in [5, 5.41) is 10.1. The maximum Gasteiger partial charge on any atom is 0.103 e. The second-order valence-corrected chi connectivity index (χ2v) is 5.96. The van der Waals surface area contributed by atoms with Crippen LogP contribution in [0.1, 0.15) is 25.7 Å². The van der Waals surface area contributed by atoms with Crippen LogP contribution in [0.3, 0.4) is 0 Å². The van der Waals surface area contributed by atoms with Crippen LogP contribution < -0.4 is 0 Å². The fourth-order valence-electron chi connectivity index (χ4n) is 5.49. The van der Waals surface area contributed by atoms with Gasteiger partial charge in [0.15, 0.2) is 0 Å². The molecule has 0 aromatic rings. The molecular weight excluding hydrogens is 179 g/mol. The number of aliphatic hydroxyl groups excluding tert-OH is 1. The normalized spacial score (nSPS) is 69.0. The summed E-state index contributed by atoms with van der Waals surface area (Å²) in [4.78, 5) is 0. The van der Waals surface area contributed by atoms with Crippen molar-refractivity contribution in [1.29, 1.82) is 0 Å². The van der Waals surface area contributed by atoms with E-state index in [1.807, 2.05) is 0 Å². The Bertz CT molecular complexity index is 277. The molecule has 0 spiro atoms. The molecule has 4 rings (SSSR count). The first-order chi connectivity index (χ1) is 6.77. The summed E-state index contributed by atoms with van der Waals surface area (Å²) in [6, 6.07) is 0. The summed E-state index contributed by atoms with van der Waals surface area (Å²) in [6.45, 7) is 0. The minimum atomic E-state index is -0.534. The molecule has 0 heterocycles. The van der Waals surface area contributed by atoms with Crippen molar-refractivity contribution in [3.8, 4) is 0 Å². The van der Waals surface area contributed by atoms with Gasteiger partial charge in [0.25, 0.3) is 0 Å². The lowest BCUT2D eigenvalue weighted by molar-refractivity contribution is 0.0797. The van der Waals surface area contributed by atoms with Gasteiger partial charge in [-0.2, -0.15) is 0 Å². The molecule has 2 heteroatoms. The van der Waals surface area contributed by atoms with E-state index >= 15 is 0 Å². The van der Waals surface area contributed by atoms with Gasteiger partial charge in [0.2, 0.25) is 0 Å². The van der Waals surface area contributed by atoms with E-state index in [1.165, 1.54) is 12.8 Å². The van der Waals surface area contributed by atoms with Gasteiger partial charge in [0, 0.05) is 0 Å². The SMILES string of the molecule is O[C@H]1[C@H]2CC[C@@H]1[C@H]1[C@@H]3C[C@@H](C[C@H]3F)[C@@H]21. The topological polar surface area (TPSA) is 20.2 Å². The first kappa shape index (κ1) is 8.09. The standard InChI is InChI=1S/C12H17FO/c13-9-4-5-3-8(9)11-7-2-1-6(10(5)11)12(7)14/h5-12,14H,1-4H2/t5-,6-,7+,8+,9+,10-,11-,12-/m0/s1. The zero-order chi connectivity index (χ0) is 9.45. The van der Waals surface area contributed by atoms with Crippen molar-refractivity contribution in [1.82, 2.24) is 0 Å². The number of hydrogen-bond donors (Lipinski definition) is 1. The summed E-state index contributed by atoms with van der Waals surface area (Å²) >= 11 is 0. The minimum Gasteiger partial charge on any atom is -0.393 e. The average Bonchev–Trinajstić information content (AvgIpc) is 2.84. The number of hydrogen-bond acceptors (Lipinski definition) is 1. The van der Waals surface area contributed by atoms with Gasteiger partial charge in [-0.15, -0.1) is 0 Å². The number of aliphatic hydroxyl groups is 1. The Morgan fingerprint density at radius 3 is 2.43 bits per heavy atom. The van der Waals surface area contributed by atoms with Crippen molar-refractivity contribution in [2.45, 2.75) is 38.0 Å². The molecule has 0 amide bonds. The van der Waals surface area contributed by atoms with Gasteiger partial charge in [-0.05, 0) is 61.2 Å². The van der Waals surface area contributed by atoms with Gasteiger partial charge in [-0.1, -0.05) is 0 Å². The molecule has 4 bridgehead atoms. The van der Waals surface area contributed by atoms with E-state index in [-0.39, 0.29) is 6.10 Å². The fourth-order valence-corrected chi connectivity index (χ4v) is 5.49. The van der Waals surface area contributed by atoms with E-state index in [1.54, 1.807) is 0 Å². The third-order valence-electron chi connectivity index (χ3n) is 5.75. The summed E-state index contributed by atoms with van der Waals surface area (Å²) in [7, 11) is 0. The van der Waals surface area contributed by atoms with E-state index in [4.69, 9.17) is 0 Å². The fraction of sp³-hybridized carbons (Fsp3) is 1.00. The van der Waals surface area contributed by atoms with Gasteiger partial charge >= 0.3 is 0 Å². The zero-order valence-electron chi connectivity index (χ0n) is 8.27. The molecule has 4 aliphatic rings. The lowest BCUT2D eigenvalue weighted by Gasteiger charge is -2.35. The van der Waals surface area contributed by atoms with Gasteiger partial charge in [0.1, 0.15) is 6.17 Å². The molecule has 1 nitrogen and oxygen atoms in total. The van der Waals surface area contributed by atoms with Crippen LogP contribution in [0, 0.1) is 35.5 Å². The highest BCUT2D eigenvalue weighted by Gasteiger charge is 2.65. The predicted molar refractivity (Wildman–Crippen MR) is 50.3 cm³/mol. The Kier molecular flexibility index (Phi) is 1.35. The third-order valence-corrected chi connectivity index (χ3v) is 5.75. The number of alkyl halides is 1. The Hall–Kier alpha value is -0.110. The average molecular weight is 196 g/mol. The van der Waals surface area contributed by atoms with Crippen LogP contribution in [-0.2, 0) is 0 Å². The first-order valence-electron chi connectivity index (χ1n) is 6.09. The maximum absolute atomic E-state index is 13.6. The third kappa shape index (κ3) is 0.700.